The van der Waals surface area contributed by atoms with Gasteiger partial charge in [0.25, 0.3) is 0 Å². The lowest BCUT2D eigenvalue weighted by Gasteiger charge is -2.16. The van der Waals surface area contributed by atoms with Gasteiger partial charge in [-0.1, -0.05) is 30.3 Å². The van der Waals surface area contributed by atoms with Gasteiger partial charge in [-0.25, -0.2) is 0 Å². The van der Waals surface area contributed by atoms with Crippen LogP contribution in [0, 0.1) is 0 Å². The zero-order valence-electron chi connectivity index (χ0n) is 11.4. The predicted octanol–water partition coefficient (Wildman–Crippen LogP) is 2.58. The van der Waals surface area contributed by atoms with Gasteiger partial charge in [0.2, 0.25) is 0 Å². The molecule has 2 aromatic carbocycles. The molecule has 0 atom stereocenters. The van der Waals surface area contributed by atoms with Crippen LogP contribution in [0.5, 0.6) is 5.75 Å². The third-order valence-electron chi connectivity index (χ3n) is 2.86. The summed E-state index contributed by atoms with van der Waals surface area (Å²) in [6.45, 7) is 8.36. The highest BCUT2D eigenvalue weighted by molar-refractivity contribution is 5.83. The molecule has 2 aromatic rings. The zero-order chi connectivity index (χ0) is 13.0. The number of ether oxygens (including phenoxy) is 1. The zero-order valence-corrected chi connectivity index (χ0v) is 11.4. The first kappa shape index (κ1) is 12.9. The second-order valence-corrected chi connectivity index (χ2v) is 5.72. The lowest BCUT2D eigenvalue weighted by Crippen LogP contribution is -2.95. The summed E-state index contributed by atoms with van der Waals surface area (Å²) < 4.78 is 5.78. The van der Waals surface area contributed by atoms with Crippen molar-refractivity contribution < 1.29 is 10.1 Å². The fraction of sp³-hybridized carbons (Fsp3) is 0.375. The Balaban J connectivity index is 1.92. The smallest absolute Gasteiger partial charge is 0.137 e. The molecule has 0 aliphatic carbocycles. The molecule has 2 rings (SSSR count). The second-order valence-electron chi connectivity index (χ2n) is 5.72. The van der Waals surface area contributed by atoms with E-state index < -0.39 is 0 Å². The highest BCUT2D eigenvalue weighted by Crippen LogP contribution is 2.20. The van der Waals surface area contributed by atoms with Crippen molar-refractivity contribution in [1.29, 1.82) is 0 Å². The molecule has 0 radical (unpaired) electrons. The summed E-state index contributed by atoms with van der Waals surface area (Å²) in [7, 11) is 0. The molecule has 0 aromatic heterocycles. The van der Waals surface area contributed by atoms with Gasteiger partial charge in [0.1, 0.15) is 18.9 Å². The lowest BCUT2D eigenvalue weighted by molar-refractivity contribution is -0.717. The molecule has 18 heavy (non-hydrogen) atoms. The largest absolute Gasteiger partial charge is 0.488 e. The number of quaternary nitrogens is 1. The number of fused-ring (bicyclic) bond motifs is 1. The van der Waals surface area contributed by atoms with Crippen LogP contribution in [0.4, 0.5) is 0 Å². The Kier molecular flexibility index (Phi) is 3.87. The molecule has 0 amide bonds. The Labute approximate surface area is 109 Å². The van der Waals surface area contributed by atoms with E-state index >= 15 is 0 Å². The summed E-state index contributed by atoms with van der Waals surface area (Å²) in [5.74, 6) is 0.955. The van der Waals surface area contributed by atoms with E-state index in [1.807, 2.05) is 6.07 Å². The molecule has 0 spiro atoms. The molecule has 0 fully saturated rings. The van der Waals surface area contributed by atoms with Crippen LogP contribution in [0.1, 0.15) is 20.8 Å². The molecule has 0 heterocycles. The van der Waals surface area contributed by atoms with Crippen molar-refractivity contribution in [3.05, 3.63) is 42.5 Å². The Hall–Kier alpha value is -1.54. The summed E-state index contributed by atoms with van der Waals surface area (Å²) in [5, 5.41) is 4.79. The molecular formula is C16H22NO+. The molecule has 0 bridgehead atoms. The maximum Gasteiger partial charge on any atom is 0.137 e. The number of nitrogens with two attached hydrogens (primary N) is 1. The highest BCUT2D eigenvalue weighted by atomic mass is 16.5. The first-order valence-corrected chi connectivity index (χ1v) is 6.51. The molecule has 2 nitrogen and oxygen atoms in total. The maximum absolute atomic E-state index is 5.78. The van der Waals surface area contributed by atoms with E-state index in [-0.39, 0.29) is 5.54 Å². The number of hydrogen-bond donors (Lipinski definition) is 1. The molecule has 2 heteroatoms. The first-order chi connectivity index (χ1) is 8.54. The van der Waals surface area contributed by atoms with Crippen molar-refractivity contribution in [3.63, 3.8) is 0 Å². The van der Waals surface area contributed by atoms with Gasteiger partial charge in [-0.3, -0.25) is 0 Å². The Morgan fingerprint density at radius 3 is 2.44 bits per heavy atom. The van der Waals surface area contributed by atoms with Gasteiger partial charge in [0, 0.05) is 0 Å². The molecule has 0 saturated carbocycles. The number of benzene rings is 2. The predicted molar refractivity (Wildman–Crippen MR) is 76.0 cm³/mol. The third-order valence-corrected chi connectivity index (χ3v) is 2.86. The monoisotopic (exact) mass is 244 g/mol. The Morgan fingerprint density at radius 1 is 1.00 bits per heavy atom. The highest BCUT2D eigenvalue weighted by Gasteiger charge is 2.11. The van der Waals surface area contributed by atoms with Gasteiger partial charge in [-0.2, -0.15) is 0 Å². The average Bonchev–Trinajstić information content (AvgIpc) is 2.33. The quantitative estimate of drug-likeness (QED) is 0.822. The molecule has 2 N–H and O–H groups in total. The summed E-state index contributed by atoms with van der Waals surface area (Å²) in [4.78, 5) is 0. The van der Waals surface area contributed by atoms with Crippen LogP contribution in [0.2, 0.25) is 0 Å². The molecular weight excluding hydrogens is 222 g/mol. The van der Waals surface area contributed by atoms with E-state index in [1.54, 1.807) is 0 Å². The van der Waals surface area contributed by atoms with Crippen LogP contribution in [-0.2, 0) is 0 Å². The normalized spacial score (nSPS) is 11.7. The summed E-state index contributed by atoms with van der Waals surface area (Å²) in [5.41, 5.74) is 0.271. The van der Waals surface area contributed by atoms with Crippen molar-refractivity contribution in [2.24, 2.45) is 0 Å². The number of hydrogen-bond acceptors (Lipinski definition) is 1. The van der Waals surface area contributed by atoms with Gasteiger partial charge in [-0.15, -0.1) is 0 Å². The summed E-state index contributed by atoms with van der Waals surface area (Å²) in [6, 6.07) is 14.6. The van der Waals surface area contributed by atoms with Crippen molar-refractivity contribution in [3.8, 4) is 5.75 Å². The van der Waals surface area contributed by atoms with Crippen LogP contribution < -0.4 is 10.1 Å². The van der Waals surface area contributed by atoms with Gasteiger partial charge in [0.05, 0.1) is 5.54 Å². The standard InChI is InChI=1S/C16H21NO/c1-16(2,3)17-10-11-18-15-9-8-13-6-4-5-7-14(13)12-15/h4-9,12,17H,10-11H2,1-3H3/p+1. The fourth-order valence-electron chi connectivity index (χ4n) is 1.93. The van der Waals surface area contributed by atoms with Crippen molar-refractivity contribution in [2.75, 3.05) is 13.2 Å². The van der Waals surface area contributed by atoms with Crippen molar-refractivity contribution in [2.45, 2.75) is 26.3 Å². The molecule has 0 aliphatic rings. The third kappa shape index (κ3) is 3.74. The summed E-state index contributed by atoms with van der Waals surface area (Å²) in [6.07, 6.45) is 0. The minimum absolute atomic E-state index is 0.271. The van der Waals surface area contributed by atoms with Crippen LogP contribution in [0.15, 0.2) is 42.5 Å². The van der Waals surface area contributed by atoms with E-state index in [4.69, 9.17) is 4.74 Å². The van der Waals surface area contributed by atoms with Gasteiger partial charge in [-0.05, 0) is 43.7 Å². The summed E-state index contributed by atoms with van der Waals surface area (Å²) >= 11 is 0. The average molecular weight is 244 g/mol. The van der Waals surface area contributed by atoms with E-state index in [2.05, 4.69) is 62.5 Å². The van der Waals surface area contributed by atoms with Gasteiger partial charge in [0.15, 0.2) is 0 Å². The van der Waals surface area contributed by atoms with Crippen LogP contribution in [-0.4, -0.2) is 18.7 Å². The van der Waals surface area contributed by atoms with Crippen LogP contribution >= 0.6 is 0 Å². The van der Waals surface area contributed by atoms with Crippen molar-refractivity contribution >= 4 is 10.8 Å². The number of rotatable bonds is 4. The first-order valence-electron chi connectivity index (χ1n) is 6.51. The molecule has 0 saturated heterocycles. The minimum atomic E-state index is 0.271. The lowest BCUT2D eigenvalue weighted by atomic mass is 10.1. The van der Waals surface area contributed by atoms with Gasteiger partial charge < -0.3 is 10.1 Å². The SMILES string of the molecule is CC(C)(C)[NH2+]CCOc1ccc2ccccc2c1. The van der Waals surface area contributed by atoms with Crippen LogP contribution in [0.25, 0.3) is 10.8 Å². The topological polar surface area (TPSA) is 25.8 Å². The fourth-order valence-corrected chi connectivity index (χ4v) is 1.93. The maximum atomic E-state index is 5.78. The van der Waals surface area contributed by atoms with Crippen LogP contribution in [0.3, 0.4) is 0 Å². The molecule has 96 valence electrons. The van der Waals surface area contributed by atoms with E-state index in [1.165, 1.54) is 10.8 Å². The van der Waals surface area contributed by atoms with E-state index in [9.17, 15) is 0 Å². The second kappa shape index (κ2) is 5.40. The van der Waals surface area contributed by atoms with E-state index in [0.29, 0.717) is 0 Å². The van der Waals surface area contributed by atoms with Gasteiger partial charge >= 0.3 is 0 Å². The minimum Gasteiger partial charge on any atom is -0.488 e. The van der Waals surface area contributed by atoms with E-state index in [0.717, 1.165) is 18.9 Å². The Bertz CT molecular complexity index is 514. The Morgan fingerprint density at radius 2 is 1.72 bits per heavy atom. The molecule has 0 aliphatic heterocycles. The van der Waals surface area contributed by atoms with Crippen molar-refractivity contribution in [1.82, 2.24) is 0 Å². The molecule has 0 unspecified atom stereocenters.